The zero-order chi connectivity index (χ0) is 19.1. The predicted molar refractivity (Wildman–Crippen MR) is 105 cm³/mol. The monoisotopic (exact) mass is 360 g/mol. The number of benzene rings is 1. The number of nitrogens with one attached hydrogen (secondary N) is 1. The number of ether oxygens (including phenoxy) is 1. The topological polar surface area (TPSA) is 93.3 Å². The summed E-state index contributed by atoms with van der Waals surface area (Å²) in [6.07, 6.45) is 1.75. The summed E-state index contributed by atoms with van der Waals surface area (Å²) in [7, 11) is 0. The minimum Gasteiger partial charge on any atom is -0.492 e. The molecule has 0 bridgehead atoms. The van der Waals surface area contributed by atoms with E-state index in [1.54, 1.807) is 0 Å². The van der Waals surface area contributed by atoms with E-state index in [0.29, 0.717) is 31.9 Å². The Morgan fingerprint density at radius 2 is 1.88 bits per heavy atom. The molecule has 0 saturated heterocycles. The summed E-state index contributed by atoms with van der Waals surface area (Å²) >= 11 is 0. The average Bonchev–Trinajstić information content (AvgIpc) is 2.61. The lowest BCUT2D eigenvalue weighted by atomic mass is 10.2. The standard InChI is InChI=1S/C19H28N4O3/c1-4-6-11-23-17(20)16(18(24)21-19(23)25)22(5-2)12-13-26-15-9-7-14(3)8-10-15/h7-10H,4-6,11-13,20H2,1-3H3,(H,21,24,25). The zero-order valence-electron chi connectivity index (χ0n) is 15.7. The summed E-state index contributed by atoms with van der Waals surface area (Å²) in [5, 5.41) is 0. The normalized spacial score (nSPS) is 10.7. The Bertz CT molecular complexity index is 824. The van der Waals surface area contributed by atoms with Gasteiger partial charge in [-0.3, -0.25) is 14.3 Å². The van der Waals surface area contributed by atoms with Crippen molar-refractivity contribution in [2.45, 2.75) is 40.2 Å². The van der Waals surface area contributed by atoms with Gasteiger partial charge in [0.05, 0.1) is 6.54 Å². The van der Waals surface area contributed by atoms with E-state index in [2.05, 4.69) is 4.98 Å². The molecule has 2 rings (SSSR count). The summed E-state index contributed by atoms with van der Waals surface area (Å²) < 4.78 is 7.18. The maximum Gasteiger partial charge on any atom is 0.330 e. The van der Waals surface area contributed by atoms with E-state index in [-0.39, 0.29) is 5.82 Å². The fourth-order valence-electron chi connectivity index (χ4n) is 2.76. The minimum absolute atomic E-state index is 0.212. The lowest BCUT2D eigenvalue weighted by Crippen LogP contribution is -2.39. The molecule has 0 atom stereocenters. The first-order valence-corrected chi connectivity index (χ1v) is 9.04. The molecule has 0 amide bonds. The SMILES string of the molecule is CCCCn1c(N)c(N(CC)CCOc2ccc(C)cc2)c(=O)[nH]c1=O. The van der Waals surface area contributed by atoms with E-state index < -0.39 is 11.2 Å². The number of rotatable bonds is 9. The van der Waals surface area contributed by atoms with Crippen LogP contribution in [0.25, 0.3) is 0 Å². The Morgan fingerprint density at radius 3 is 2.50 bits per heavy atom. The molecular weight excluding hydrogens is 332 g/mol. The van der Waals surface area contributed by atoms with E-state index in [9.17, 15) is 9.59 Å². The molecule has 7 heteroatoms. The highest BCUT2D eigenvalue weighted by atomic mass is 16.5. The highest BCUT2D eigenvalue weighted by Gasteiger charge is 2.17. The summed E-state index contributed by atoms with van der Waals surface area (Å²) in [4.78, 5) is 28.6. The largest absolute Gasteiger partial charge is 0.492 e. The van der Waals surface area contributed by atoms with E-state index in [1.165, 1.54) is 10.1 Å². The summed E-state index contributed by atoms with van der Waals surface area (Å²) in [5.74, 6) is 0.992. The smallest absolute Gasteiger partial charge is 0.330 e. The minimum atomic E-state index is -0.461. The van der Waals surface area contributed by atoms with Gasteiger partial charge in [-0.1, -0.05) is 31.0 Å². The first-order valence-electron chi connectivity index (χ1n) is 9.04. The predicted octanol–water partition coefficient (Wildman–Crippen LogP) is 2.13. The number of aromatic nitrogens is 2. The third-order valence-electron chi connectivity index (χ3n) is 4.30. The van der Waals surface area contributed by atoms with Gasteiger partial charge in [-0.15, -0.1) is 0 Å². The lowest BCUT2D eigenvalue weighted by Gasteiger charge is -2.24. The number of likely N-dealkylation sites (N-methyl/N-ethyl adjacent to an activating group) is 1. The maximum absolute atomic E-state index is 12.3. The number of nitrogen functional groups attached to an aromatic ring is 1. The van der Waals surface area contributed by atoms with Crippen LogP contribution in [0, 0.1) is 6.92 Å². The lowest BCUT2D eigenvalue weighted by molar-refractivity contribution is 0.324. The van der Waals surface area contributed by atoms with Gasteiger partial charge in [-0.05, 0) is 32.4 Å². The fourth-order valence-corrected chi connectivity index (χ4v) is 2.76. The van der Waals surface area contributed by atoms with Gasteiger partial charge in [0.1, 0.15) is 23.9 Å². The van der Waals surface area contributed by atoms with Crippen molar-refractivity contribution in [2.75, 3.05) is 30.3 Å². The van der Waals surface area contributed by atoms with Crippen LogP contribution in [0.2, 0.25) is 0 Å². The number of unbranched alkanes of at least 4 members (excludes halogenated alkanes) is 1. The Kier molecular flexibility index (Phi) is 6.89. The Labute approximate surface area is 153 Å². The summed E-state index contributed by atoms with van der Waals surface area (Å²) in [6.45, 7) is 7.96. The van der Waals surface area contributed by atoms with Crippen LogP contribution >= 0.6 is 0 Å². The average molecular weight is 360 g/mol. The van der Waals surface area contributed by atoms with Crippen LogP contribution in [0.5, 0.6) is 5.75 Å². The van der Waals surface area contributed by atoms with Crippen LogP contribution < -0.4 is 26.6 Å². The van der Waals surface area contributed by atoms with Crippen LogP contribution in [0.4, 0.5) is 11.5 Å². The molecule has 3 N–H and O–H groups in total. The van der Waals surface area contributed by atoms with Crippen molar-refractivity contribution in [3.63, 3.8) is 0 Å². The molecule has 0 fully saturated rings. The molecule has 0 unspecified atom stereocenters. The number of anilines is 2. The number of aromatic amines is 1. The van der Waals surface area contributed by atoms with E-state index >= 15 is 0 Å². The second kappa shape index (κ2) is 9.12. The summed E-state index contributed by atoms with van der Waals surface area (Å²) in [6, 6.07) is 7.80. The van der Waals surface area contributed by atoms with Gasteiger partial charge in [0.2, 0.25) is 0 Å². The second-order valence-corrected chi connectivity index (χ2v) is 6.24. The molecule has 1 aromatic heterocycles. The molecule has 7 nitrogen and oxygen atoms in total. The first-order chi connectivity index (χ1) is 12.5. The van der Waals surface area contributed by atoms with Crippen molar-refractivity contribution >= 4 is 11.5 Å². The van der Waals surface area contributed by atoms with Gasteiger partial charge in [-0.25, -0.2) is 4.79 Å². The van der Waals surface area contributed by atoms with Crippen LogP contribution in [0.3, 0.4) is 0 Å². The highest BCUT2D eigenvalue weighted by molar-refractivity contribution is 5.62. The molecule has 1 heterocycles. The maximum atomic E-state index is 12.3. The second-order valence-electron chi connectivity index (χ2n) is 6.24. The van der Waals surface area contributed by atoms with Crippen LogP contribution in [0.15, 0.2) is 33.9 Å². The molecule has 2 aromatic rings. The molecule has 0 aliphatic rings. The molecule has 0 saturated carbocycles. The molecule has 0 aliphatic heterocycles. The van der Waals surface area contributed by atoms with Crippen LogP contribution in [-0.2, 0) is 6.54 Å². The van der Waals surface area contributed by atoms with E-state index in [4.69, 9.17) is 10.5 Å². The molecular formula is C19H28N4O3. The Hall–Kier alpha value is -2.70. The number of hydrogen-bond acceptors (Lipinski definition) is 5. The van der Waals surface area contributed by atoms with Crippen molar-refractivity contribution in [1.29, 1.82) is 0 Å². The third kappa shape index (κ3) is 4.68. The molecule has 0 radical (unpaired) electrons. The van der Waals surface area contributed by atoms with Crippen molar-refractivity contribution in [2.24, 2.45) is 0 Å². The van der Waals surface area contributed by atoms with Gasteiger partial charge in [0, 0.05) is 13.1 Å². The van der Waals surface area contributed by atoms with Gasteiger partial charge in [0.15, 0.2) is 0 Å². The van der Waals surface area contributed by atoms with Gasteiger partial charge >= 0.3 is 5.69 Å². The van der Waals surface area contributed by atoms with Crippen molar-refractivity contribution in [3.8, 4) is 5.75 Å². The third-order valence-corrected chi connectivity index (χ3v) is 4.30. The van der Waals surface area contributed by atoms with Gasteiger partial charge in [0.25, 0.3) is 5.56 Å². The molecule has 0 spiro atoms. The molecule has 0 aliphatic carbocycles. The quantitative estimate of drug-likeness (QED) is 0.714. The number of aryl methyl sites for hydroxylation is 1. The van der Waals surface area contributed by atoms with Gasteiger partial charge in [-0.2, -0.15) is 0 Å². The van der Waals surface area contributed by atoms with Gasteiger partial charge < -0.3 is 15.4 Å². The van der Waals surface area contributed by atoms with Crippen LogP contribution in [-0.4, -0.2) is 29.2 Å². The van der Waals surface area contributed by atoms with Crippen LogP contribution in [0.1, 0.15) is 32.3 Å². The highest BCUT2D eigenvalue weighted by Crippen LogP contribution is 2.17. The number of nitrogens with two attached hydrogens (primary N) is 1. The van der Waals surface area contributed by atoms with Crippen molar-refractivity contribution in [3.05, 3.63) is 50.7 Å². The van der Waals surface area contributed by atoms with E-state index in [1.807, 2.05) is 49.9 Å². The summed E-state index contributed by atoms with van der Waals surface area (Å²) in [5.41, 5.74) is 6.74. The van der Waals surface area contributed by atoms with Crippen molar-refractivity contribution < 1.29 is 4.74 Å². The first kappa shape index (κ1) is 19.6. The number of nitrogens with zero attached hydrogens (tertiary/aromatic N) is 2. The number of H-pyrrole nitrogens is 1. The molecule has 1 aromatic carbocycles. The molecule has 26 heavy (non-hydrogen) atoms. The Morgan fingerprint density at radius 1 is 1.19 bits per heavy atom. The zero-order valence-corrected chi connectivity index (χ0v) is 15.7. The fraction of sp³-hybridized carbons (Fsp3) is 0.474. The van der Waals surface area contributed by atoms with Crippen molar-refractivity contribution in [1.82, 2.24) is 9.55 Å². The molecule has 142 valence electrons. The number of hydrogen-bond donors (Lipinski definition) is 2. The van der Waals surface area contributed by atoms with E-state index in [0.717, 1.165) is 18.6 Å². The Balaban J connectivity index is 2.16.